The number of benzene rings is 1. The minimum absolute atomic E-state index is 0.0808. The topological polar surface area (TPSA) is 108 Å². The van der Waals surface area contributed by atoms with Crippen LogP contribution in [-0.2, 0) is 14.3 Å². The third kappa shape index (κ3) is 8.65. The Morgan fingerprint density at radius 2 is 1.52 bits per heavy atom. The highest BCUT2D eigenvalue weighted by Crippen LogP contribution is 2.07. The van der Waals surface area contributed by atoms with Crippen LogP contribution in [0.2, 0.25) is 0 Å². The van der Waals surface area contributed by atoms with Crippen molar-refractivity contribution in [3.05, 3.63) is 35.9 Å². The van der Waals surface area contributed by atoms with Gasteiger partial charge < -0.3 is 25.2 Å². The van der Waals surface area contributed by atoms with Gasteiger partial charge in [-0.2, -0.15) is 0 Å². The fourth-order valence-corrected chi connectivity index (χ4v) is 3.12. The molecule has 2 N–H and O–H groups in total. The van der Waals surface area contributed by atoms with Crippen LogP contribution in [0.3, 0.4) is 0 Å². The number of nitrogens with one attached hydrogen (secondary N) is 2. The van der Waals surface area contributed by atoms with E-state index in [-0.39, 0.29) is 37.2 Å². The van der Waals surface area contributed by atoms with E-state index in [4.69, 9.17) is 4.74 Å². The average Bonchev–Trinajstić information content (AvgIpc) is 2.97. The summed E-state index contributed by atoms with van der Waals surface area (Å²) in [4.78, 5) is 52.0. The first kappa shape index (κ1) is 24.2. The second-order valence-corrected chi connectivity index (χ2v) is 8.34. The highest BCUT2D eigenvalue weighted by molar-refractivity contribution is 5.96. The highest BCUT2D eigenvalue weighted by atomic mass is 16.6. The first-order chi connectivity index (χ1) is 14.7. The molecule has 0 radical (unpaired) electrons. The first-order valence-electron chi connectivity index (χ1n) is 10.5. The number of carbonyl (C=O) groups is 4. The summed E-state index contributed by atoms with van der Waals surface area (Å²) in [5.74, 6) is -0.550. The molecule has 1 aromatic carbocycles. The van der Waals surface area contributed by atoms with Gasteiger partial charge in [-0.3, -0.25) is 14.4 Å². The van der Waals surface area contributed by atoms with Gasteiger partial charge in [0.1, 0.15) is 5.60 Å². The Bertz CT molecular complexity index is 776. The van der Waals surface area contributed by atoms with Crippen molar-refractivity contribution in [1.82, 2.24) is 20.4 Å². The zero-order chi connectivity index (χ0) is 22.9. The van der Waals surface area contributed by atoms with E-state index in [1.54, 1.807) is 54.8 Å². The average molecular weight is 433 g/mol. The van der Waals surface area contributed by atoms with Gasteiger partial charge in [0.15, 0.2) is 0 Å². The molecule has 1 aliphatic heterocycles. The fraction of sp³-hybridized carbons (Fsp3) is 0.545. The molecule has 9 heteroatoms. The minimum Gasteiger partial charge on any atom is -0.444 e. The lowest BCUT2D eigenvalue weighted by atomic mass is 10.2. The van der Waals surface area contributed by atoms with Crippen molar-refractivity contribution in [1.29, 1.82) is 0 Å². The lowest BCUT2D eigenvalue weighted by molar-refractivity contribution is -0.133. The van der Waals surface area contributed by atoms with E-state index in [1.807, 2.05) is 6.07 Å². The molecule has 0 aliphatic carbocycles. The van der Waals surface area contributed by atoms with Crippen LogP contribution in [0.25, 0.3) is 0 Å². The molecule has 170 valence electrons. The van der Waals surface area contributed by atoms with Crippen molar-refractivity contribution in [3.63, 3.8) is 0 Å². The van der Waals surface area contributed by atoms with Crippen LogP contribution in [0.15, 0.2) is 30.3 Å². The van der Waals surface area contributed by atoms with E-state index in [1.165, 1.54) is 0 Å². The van der Waals surface area contributed by atoms with Crippen LogP contribution < -0.4 is 10.6 Å². The van der Waals surface area contributed by atoms with Crippen LogP contribution in [0.5, 0.6) is 0 Å². The van der Waals surface area contributed by atoms with Gasteiger partial charge >= 0.3 is 6.09 Å². The van der Waals surface area contributed by atoms with E-state index >= 15 is 0 Å². The molecule has 0 aromatic heterocycles. The summed E-state index contributed by atoms with van der Waals surface area (Å²) >= 11 is 0. The van der Waals surface area contributed by atoms with Crippen LogP contribution in [0.1, 0.15) is 44.0 Å². The molecule has 0 atom stereocenters. The number of nitrogens with zero attached hydrogens (tertiary/aromatic N) is 2. The van der Waals surface area contributed by atoms with Gasteiger partial charge in [-0.1, -0.05) is 18.2 Å². The first-order valence-corrected chi connectivity index (χ1v) is 10.5. The largest absolute Gasteiger partial charge is 0.444 e. The summed E-state index contributed by atoms with van der Waals surface area (Å²) < 4.78 is 5.14. The quantitative estimate of drug-likeness (QED) is 0.706. The Labute approximate surface area is 183 Å². The molecule has 1 aliphatic rings. The maximum atomic E-state index is 12.5. The van der Waals surface area contributed by atoms with E-state index in [0.29, 0.717) is 38.2 Å². The lowest BCUT2D eigenvalue weighted by Crippen LogP contribution is -2.42. The molecule has 31 heavy (non-hydrogen) atoms. The van der Waals surface area contributed by atoms with Crippen molar-refractivity contribution >= 4 is 23.8 Å². The Morgan fingerprint density at radius 3 is 2.13 bits per heavy atom. The van der Waals surface area contributed by atoms with E-state index in [9.17, 15) is 19.2 Å². The number of alkyl carbamates (subject to hydrolysis) is 1. The van der Waals surface area contributed by atoms with Crippen LogP contribution in [0, 0.1) is 0 Å². The van der Waals surface area contributed by atoms with Crippen LogP contribution in [-0.4, -0.2) is 78.5 Å². The van der Waals surface area contributed by atoms with Gasteiger partial charge in [0.2, 0.25) is 11.8 Å². The number of rotatable bonds is 6. The third-order valence-electron chi connectivity index (χ3n) is 4.64. The van der Waals surface area contributed by atoms with Crippen LogP contribution in [0.4, 0.5) is 4.79 Å². The van der Waals surface area contributed by atoms with Gasteiger partial charge in [0.25, 0.3) is 5.91 Å². The molecular formula is C22H32N4O5. The number of amides is 4. The van der Waals surface area contributed by atoms with Crippen molar-refractivity contribution in [2.75, 3.05) is 39.3 Å². The Morgan fingerprint density at radius 1 is 0.903 bits per heavy atom. The molecule has 1 saturated heterocycles. The second-order valence-electron chi connectivity index (χ2n) is 8.34. The van der Waals surface area contributed by atoms with Crippen molar-refractivity contribution < 1.29 is 23.9 Å². The SMILES string of the molecule is CC(C)(C)OC(=O)NCCC(=O)N1CCCN(C(=O)CNC(=O)c2ccccc2)CC1. The Balaban J connectivity index is 1.72. The molecule has 1 aromatic rings. The number of hydrogen-bond donors (Lipinski definition) is 2. The standard InChI is InChI=1S/C22H32N4O5/c1-22(2,3)31-21(30)23-11-10-18(27)25-12-7-13-26(15-14-25)19(28)16-24-20(29)17-8-5-4-6-9-17/h4-6,8-9H,7,10-16H2,1-3H3,(H,23,30)(H,24,29). The fourth-order valence-electron chi connectivity index (χ4n) is 3.12. The summed E-state index contributed by atoms with van der Waals surface area (Å²) in [7, 11) is 0. The van der Waals surface area contributed by atoms with Gasteiger partial charge in [-0.25, -0.2) is 4.79 Å². The van der Waals surface area contributed by atoms with Crippen LogP contribution >= 0.6 is 0 Å². The molecule has 0 saturated carbocycles. The summed E-state index contributed by atoms with van der Waals surface area (Å²) in [5.41, 5.74) is -0.0851. The number of carbonyl (C=O) groups excluding carboxylic acids is 4. The molecular weight excluding hydrogens is 400 g/mol. The zero-order valence-electron chi connectivity index (χ0n) is 18.5. The molecule has 4 amide bonds. The summed E-state index contributed by atoms with van der Waals surface area (Å²) in [5, 5.41) is 5.22. The molecule has 0 spiro atoms. The molecule has 9 nitrogen and oxygen atoms in total. The maximum Gasteiger partial charge on any atom is 0.407 e. The molecule has 2 rings (SSSR count). The predicted octanol–water partition coefficient (Wildman–Crippen LogP) is 1.39. The Kier molecular flexibility index (Phi) is 8.84. The Hall–Kier alpha value is -3.10. The predicted molar refractivity (Wildman–Crippen MR) is 115 cm³/mol. The van der Waals surface area contributed by atoms with Gasteiger partial charge in [-0.15, -0.1) is 0 Å². The molecule has 1 fully saturated rings. The van der Waals surface area contributed by atoms with E-state index in [0.717, 1.165) is 0 Å². The zero-order valence-corrected chi connectivity index (χ0v) is 18.5. The smallest absolute Gasteiger partial charge is 0.407 e. The minimum atomic E-state index is -0.588. The maximum absolute atomic E-state index is 12.5. The normalized spacial score (nSPS) is 14.4. The molecule has 1 heterocycles. The second kappa shape index (κ2) is 11.3. The third-order valence-corrected chi connectivity index (χ3v) is 4.64. The van der Waals surface area contributed by atoms with Gasteiger partial charge in [-0.05, 0) is 39.3 Å². The summed E-state index contributed by atoms with van der Waals surface area (Å²) in [6.07, 6.45) is 0.273. The van der Waals surface area contributed by atoms with Crippen molar-refractivity contribution in [2.45, 2.75) is 39.2 Å². The van der Waals surface area contributed by atoms with Crippen molar-refractivity contribution in [3.8, 4) is 0 Å². The van der Waals surface area contributed by atoms with Crippen molar-refractivity contribution in [2.24, 2.45) is 0 Å². The summed E-state index contributed by atoms with van der Waals surface area (Å²) in [6, 6.07) is 8.72. The summed E-state index contributed by atoms with van der Waals surface area (Å²) in [6.45, 7) is 7.33. The highest BCUT2D eigenvalue weighted by Gasteiger charge is 2.22. The lowest BCUT2D eigenvalue weighted by Gasteiger charge is -2.23. The molecule has 0 unspecified atom stereocenters. The van der Waals surface area contributed by atoms with E-state index in [2.05, 4.69) is 10.6 Å². The van der Waals surface area contributed by atoms with Gasteiger partial charge in [0.05, 0.1) is 6.54 Å². The molecule has 0 bridgehead atoms. The van der Waals surface area contributed by atoms with Gasteiger partial charge in [0, 0.05) is 44.7 Å². The van der Waals surface area contributed by atoms with E-state index < -0.39 is 11.7 Å². The monoisotopic (exact) mass is 432 g/mol. The number of hydrogen-bond acceptors (Lipinski definition) is 5. The number of ether oxygens (including phenoxy) is 1.